The van der Waals surface area contributed by atoms with Crippen LogP contribution in [0.3, 0.4) is 0 Å². The number of nitrogens with zero attached hydrogens (tertiary/aromatic N) is 3. The Hall–Kier alpha value is -2.31. The second-order valence-corrected chi connectivity index (χ2v) is 5.94. The quantitative estimate of drug-likeness (QED) is 0.837. The van der Waals surface area contributed by atoms with Gasteiger partial charge in [0.15, 0.2) is 0 Å². The Kier molecular flexibility index (Phi) is 4.11. The highest BCUT2D eigenvalue weighted by Gasteiger charge is 2.36. The lowest BCUT2D eigenvalue weighted by molar-refractivity contribution is -0.145. The molecule has 2 unspecified atom stereocenters. The van der Waals surface area contributed by atoms with Crippen LogP contribution in [0.5, 0.6) is 0 Å². The molecule has 3 rings (SSSR count). The van der Waals surface area contributed by atoms with Gasteiger partial charge in [0.25, 0.3) is 0 Å². The molecule has 122 valence electrons. The van der Waals surface area contributed by atoms with Gasteiger partial charge in [0.2, 0.25) is 11.8 Å². The second-order valence-electron chi connectivity index (χ2n) is 5.94. The third-order valence-corrected chi connectivity index (χ3v) is 4.33. The summed E-state index contributed by atoms with van der Waals surface area (Å²) in [4.78, 5) is 26.0. The van der Waals surface area contributed by atoms with Crippen LogP contribution in [0.25, 0.3) is 0 Å². The molecule has 2 atom stereocenters. The highest BCUT2D eigenvalue weighted by molar-refractivity contribution is 5.88. The number of hydrogen-bond donors (Lipinski definition) is 0. The van der Waals surface area contributed by atoms with E-state index in [2.05, 4.69) is 5.10 Å². The molecule has 2 aliphatic rings. The van der Waals surface area contributed by atoms with Crippen LogP contribution in [0.1, 0.15) is 30.9 Å². The van der Waals surface area contributed by atoms with Crippen LogP contribution in [0, 0.1) is 17.6 Å². The van der Waals surface area contributed by atoms with E-state index in [1.165, 1.54) is 17.1 Å². The van der Waals surface area contributed by atoms with Crippen LogP contribution >= 0.6 is 0 Å². The number of hydrogen-bond acceptors (Lipinski definition) is 3. The molecule has 7 heteroatoms. The molecule has 1 aromatic rings. The molecule has 2 heterocycles. The first-order valence-electron chi connectivity index (χ1n) is 7.51. The van der Waals surface area contributed by atoms with E-state index in [-0.39, 0.29) is 18.2 Å². The molecule has 0 N–H and O–H groups in total. The van der Waals surface area contributed by atoms with Crippen molar-refractivity contribution in [3.63, 3.8) is 0 Å². The topological polar surface area (TPSA) is 53.0 Å². The van der Waals surface area contributed by atoms with Gasteiger partial charge in [-0.25, -0.2) is 13.8 Å². The number of rotatable bonds is 2. The Morgan fingerprint density at radius 1 is 1.26 bits per heavy atom. The fourth-order valence-electron chi connectivity index (χ4n) is 3.01. The van der Waals surface area contributed by atoms with Crippen LogP contribution in [-0.4, -0.2) is 41.5 Å². The highest BCUT2D eigenvalue weighted by atomic mass is 19.1. The summed E-state index contributed by atoms with van der Waals surface area (Å²) in [6, 6.07) is 2.69. The lowest BCUT2D eigenvalue weighted by Crippen LogP contribution is -2.42. The summed E-state index contributed by atoms with van der Waals surface area (Å²) >= 11 is 0. The van der Waals surface area contributed by atoms with Crippen LogP contribution in [-0.2, 0) is 9.59 Å². The van der Waals surface area contributed by atoms with Crippen LogP contribution in [0.2, 0.25) is 0 Å². The van der Waals surface area contributed by atoms with E-state index in [4.69, 9.17) is 0 Å². The van der Waals surface area contributed by atoms with Gasteiger partial charge in [-0.3, -0.25) is 9.59 Å². The number of benzene rings is 1. The number of amides is 2. The molecule has 0 aliphatic carbocycles. The molecule has 1 fully saturated rings. The molecule has 1 aromatic carbocycles. The van der Waals surface area contributed by atoms with Crippen molar-refractivity contribution < 1.29 is 18.4 Å². The van der Waals surface area contributed by atoms with Gasteiger partial charge in [0.05, 0.1) is 12.0 Å². The maximum Gasteiger partial charge on any atom is 0.246 e. The normalized spacial score (nSPS) is 24.4. The van der Waals surface area contributed by atoms with Crippen molar-refractivity contribution in [1.82, 2.24) is 9.91 Å². The minimum atomic E-state index is -0.686. The standard InChI is InChI=1S/C16H17F2N3O2/c1-20-5-3-10(8-15(20)22)16(23)21-14(2-4-19-21)11-6-12(17)9-13(18)7-11/h4,6-7,9-10,14H,2-3,5,8H2,1H3. The van der Waals surface area contributed by atoms with Crippen molar-refractivity contribution >= 4 is 18.0 Å². The molecule has 2 aliphatic heterocycles. The molecular formula is C16H17F2N3O2. The first-order valence-corrected chi connectivity index (χ1v) is 7.51. The third kappa shape index (κ3) is 3.09. The van der Waals surface area contributed by atoms with Crippen molar-refractivity contribution in [1.29, 1.82) is 0 Å². The van der Waals surface area contributed by atoms with E-state index in [0.717, 1.165) is 6.07 Å². The summed E-state index contributed by atoms with van der Waals surface area (Å²) in [6.07, 6.45) is 2.67. The van der Waals surface area contributed by atoms with Gasteiger partial charge in [-0.2, -0.15) is 5.10 Å². The van der Waals surface area contributed by atoms with Gasteiger partial charge < -0.3 is 4.90 Å². The predicted octanol–water partition coefficient (Wildman–Crippen LogP) is 2.09. The van der Waals surface area contributed by atoms with Crippen molar-refractivity contribution in [3.05, 3.63) is 35.4 Å². The lowest BCUT2D eigenvalue weighted by atomic mass is 9.94. The first-order chi connectivity index (χ1) is 11.0. The van der Waals surface area contributed by atoms with Crippen molar-refractivity contribution in [2.24, 2.45) is 11.0 Å². The molecule has 5 nitrogen and oxygen atoms in total. The molecule has 23 heavy (non-hydrogen) atoms. The van der Waals surface area contributed by atoms with Crippen molar-refractivity contribution in [2.45, 2.75) is 25.3 Å². The van der Waals surface area contributed by atoms with Gasteiger partial charge in [-0.05, 0) is 24.1 Å². The van der Waals surface area contributed by atoms with Gasteiger partial charge in [-0.1, -0.05) is 0 Å². The largest absolute Gasteiger partial charge is 0.346 e. The fraction of sp³-hybridized carbons (Fsp3) is 0.438. The van der Waals surface area contributed by atoms with Crippen molar-refractivity contribution in [3.8, 4) is 0 Å². The van der Waals surface area contributed by atoms with Gasteiger partial charge in [-0.15, -0.1) is 0 Å². The number of carbonyl (C=O) groups is 2. The van der Waals surface area contributed by atoms with Crippen LogP contribution < -0.4 is 0 Å². The zero-order chi connectivity index (χ0) is 16.6. The van der Waals surface area contributed by atoms with Crippen LogP contribution in [0.4, 0.5) is 8.78 Å². The van der Waals surface area contributed by atoms with E-state index in [0.29, 0.717) is 24.9 Å². The summed E-state index contributed by atoms with van der Waals surface area (Å²) in [5, 5.41) is 5.32. The zero-order valence-corrected chi connectivity index (χ0v) is 12.7. The molecule has 0 bridgehead atoms. The van der Waals surface area contributed by atoms with Gasteiger partial charge in [0, 0.05) is 38.7 Å². The number of hydrazone groups is 1. The maximum atomic E-state index is 13.4. The number of halogens is 2. The van der Waals surface area contributed by atoms with Gasteiger partial charge >= 0.3 is 0 Å². The molecular weight excluding hydrogens is 304 g/mol. The number of likely N-dealkylation sites (tertiary alicyclic amines) is 1. The van der Waals surface area contributed by atoms with Gasteiger partial charge in [0.1, 0.15) is 11.6 Å². The molecule has 0 aromatic heterocycles. The van der Waals surface area contributed by atoms with E-state index >= 15 is 0 Å². The Balaban J connectivity index is 1.79. The number of piperidine rings is 1. The summed E-state index contributed by atoms with van der Waals surface area (Å²) in [6.45, 7) is 0.520. The molecule has 0 spiro atoms. The Morgan fingerprint density at radius 2 is 1.96 bits per heavy atom. The van der Waals surface area contributed by atoms with E-state index in [1.54, 1.807) is 18.2 Å². The summed E-state index contributed by atoms with van der Waals surface area (Å²) in [5.74, 6) is -2.15. The molecule has 2 amide bonds. The number of carbonyl (C=O) groups excluding carboxylic acids is 2. The fourth-order valence-corrected chi connectivity index (χ4v) is 3.01. The van der Waals surface area contributed by atoms with E-state index < -0.39 is 23.6 Å². The molecule has 1 saturated heterocycles. The molecule has 0 saturated carbocycles. The Labute approximate surface area is 132 Å². The Morgan fingerprint density at radius 3 is 2.61 bits per heavy atom. The zero-order valence-electron chi connectivity index (χ0n) is 12.7. The second kappa shape index (κ2) is 6.06. The maximum absolute atomic E-state index is 13.4. The Bertz CT molecular complexity index is 657. The third-order valence-electron chi connectivity index (χ3n) is 4.33. The lowest BCUT2D eigenvalue weighted by Gasteiger charge is -2.31. The van der Waals surface area contributed by atoms with E-state index in [9.17, 15) is 18.4 Å². The monoisotopic (exact) mass is 321 g/mol. The smallest absolute Gasteiger partial charge is 0.246 e. The average molecular weight is 321 g/mol. The highest BCUT2D eigenvalue weighted by Crippen LogP contribution is 2.32. The summed E-state index contributed by atoms with van der Waals surface area (Å²) in [7, 11) is 1.70. The summed E-state index contributed by atoms with van der Waals surface area (Å²) in [5.41, 5.74) is 0.368. The average Bonchev–Trinajstić information content (AvgIpc) is 2.98. The molecule has 0 radical (unpaired) electrons. The SMILES string of the molecule is CN1CCC(C(=O)N2N=CCC2c2cc(F)cc(F)c2)CC1=O. The van der Waals surface area contributed by atoms with Crippen LogP contribution in [0.15, 0.2) is 23.3 Å². The minimum absolute atomic E-state index is 0.0777. The predicted molar refractivity (Wildman–Crippen MR) is 79.4 cm³/mol. The first kappa shape index (κ1) is 15.6. The minimum Gasteiger partial charge on any atom is -0.346 e. The van der Waals surface area contributed by atoms with Crippen molar-refractivity contribution in [2.75, 3.05) is 13.6 Å². The summed E-state index contributed by atoms with van der Waals surface area (Å²) < 4.78 is 26.8. The van der Waals surface area contributed by atoms with E-state index in [1.807, 2.05) is 0 Å².